The lowest BCUT2D eigenvalue weighted by atomic mass is 9.67. The molecule has 3 N–H and O–H groups in total. The SMILES string of the molecule is CC1CC(CC(=O)NC(C)(C)CN)CC(C)(C)C1.Cl. The van der Waals surface area contributed by atoms with Crippen molar-refractivity contribution in [2.45, 2.75) is 65.8 Å². The molecule has 0 spiro atoms. The molecule has 1 fully saturated rings. The number of amides is 1. The van der Waals surface area contributed by atoms with E-state index in [1.807, 2.05) is 13.8 Å². The van der Waals surface area contributed by atoms with E-state index in [0.29, 0.717) is 24.3 Å². The van der Waals surface area contributed by atoms with Gasteiger partial charge < -0.3 is 11.1 Å². The zero-order valence-corrected chi connectivity index (χ0v) is 13.9. The summed E-state index contributed by atoms with van der Waals surface area (Å²) in [6.07, 6.45) is 4.27. The van der Waals surface area contributed by atoms with Crippen molar-refractivity contribution in [3.63, 3.8) is 0 Å². The number of nitrogens with one attached hydrogen (secondary N) is 1. The lowest BCUT2D eigenvalue weighted by molar-refractivity contribution is -0.124. The lowest BCUT2D eigenvalue weighted by Crippen LogP contribution is -2.49. The minimum Gasteiger partial charge on any atom is -0.350 e. The Morgan fingerprint density at radius 3 is 2.42 bits per heavy atom. The largest absolute Gasteiger partial charge is 0.350 e. The fourth-order valence-corrected chi connectivity index (χ4v) is 3.44. The van der Waals surface area contributed by atoms with Gasteiger partial charge in [-0.2, -0.15) is 0 Å². The van der Waals surface area contributed by atoms with Gasteiger partial charge in [-0.1, -0.05) is 20.8 Å². The fraction of sp³-hybridized carbons (Fsp3) is 0.933. The molecule has 0 radical (unpaired) electrons. The maximum Gasteiger partial charge on any atom is 0.220 e. The van der Waals surface area contributed by atoms with Gasteiger partial charge in [-0.3, -0.25) is 4.79 Å². The molecule has 19 heavy (non-hydrogen) atoms. The van der Waals surface area contributed by atoms with Crippen molar-refractivity contribution in [2.24, 2.45) is 23.0 Å². The van der Waals surface area contributed by atoms with Crippen LogP contribution in [0.5, 0.6) is 0 Å². The maximum absolute atomic E-state index is 12.0. The van der Waals surface area contributed by atoms with Crippen LogP contribution in [0.4, 0.5) is 0 Å². The van der Waals surface area contributed by atoms with Crippen molar-refractivity contribution in [1.82, 2.24) is 5.32 Å². The molecule has 1 rings (SSSR count). The number of hydrogen-bond acceptors (Lipinski definition) is 2. The molecule has 3 nitrogen and oxygen atoms in total. The quantitative estimate of drug-likeness (QED) is 0.836. The highest BCUT2D eigenvalue weighted by Crippen LogP contribution is 2.42. The molecule has 4 heteroatoms. The first kappa shape index (κ1) is 18.7. The van der Waals surface area contributed by atoms with Crippen molar-refractivity contribution >= 4 is 18.3 Å². The Labute approximate surface area is 124 Å². The highest BCUT2D eigenvalue weighted by Gasteiger charge is 2.33. The van der Waals surface area contributed by atoms with E-state index in [4.69, 9.17) is 5.73 Å². The average molecular weight is 291 g/mol. The average Bonchev–Trinajstić information content (AvgIpc) is 2.12. The maximum atomic E-state index is 12.0. The first-order valence-electron chi connectivity index (χ1n) is 7.15. The molecule has 2 unspecified atom stereocenters. The zero-order chi connectivity index (χ0) is 14.0. The molecule has 1 aliphatic carbocycles. The van der Waals surface area contributed by atoms with E-state index in [1.165, 1.54) is 12.8 Å². The van der Waals surface area contributed by atoms with Crippen LogP contribution in [0.15, 0.2) is 0 Å². The molecule has 114 valence electrons. The minimum atomic E-state index is -0.285. The van der Waals surface area contributed by atoms with Crippen LogP contribution < -0.4 is 11.1 Å². The van der Waals surface area contributed by atoms with Gasteiger partial charge in [0.05, 0.1) is 0 Å². The molecule has 1 aliphatic rings. The normalized spacial score (nSPS) is 26.4. The highest BCUT2D eigenvalue weighted by atomic mass is 35.5. The van der Waals surface area contributed by atoms with Crippen LogP contribution in [-0.4, -0.2) is 18.0 Å². The smallest absolute Gasteiger partial charge is 0.220 e. The van der Waals surface area contributed by atoms with Crippen molar-refractivity contribution in [2.75, 3.05) is 6.54 Å². The van der Waals surface area contributed by atoms with Crippen LogP contribution in [-0.2, 0) is 4.79 Å². The molecule has 1 saturated carbocycles. The summed E-state index contributed by atoms with van der Waals surface area (Å²) in [5, 5.41) is 3.03. The predicted molar refractivity (Wildman–Crippen MR) is 83.4 cm³/mol. The van der Waals surface area contributed by atoms with Crippen molar-refractivity contribution in [3.8, 4) is 0 Å². The Balaban J connectivity index is 0.00000324. The van der Waals surface area contributed by atoms with E-state index < -0.39 is 0 Å². The molecule has 0 aromatic heterocycles. The van der Waals surface area contributed by atoms with E-state index in [9.17, 15) is 4.79 Å². The molecular formula is C15H31ClN2O. The molecule has 0 saturated heterocycles. The first-order valence-corrected chi connectivity index (χ1v) is 7.15. The number of carbonyl (C=O) groups is 1. The van der Waals surface area contributed by atoms with Crippen molar-refractivity contribution < 1.29 is 4.79 Å². The number of nitrogens with two attached hydrogens (primary N) is 1. The van der Waals surface area contributed by atoms with Crippen LogP contribution in [0.2, 0.25) is 0 Å². The van der Waals surface area contributed by atoms with Crippen molar-refractivity contribution in [3.05, 3.63) is 0 Å². The molecule has 0 aromatic rings. The molecule has 0 aliphatic heterocycles. The van der Waals surface area contributed by atoms with Gasteiger partial charge in [0.25, 0.3) is 0 Å². The van der Waals surface area contributed by atoms with E-state index in [0.717, 1.165) is 12.3 Å². The number of rotatable bonds is 4. The Morgan fingerprint density at radius 2 is 1.95 bits per heavy atom. The third-order valence-electron chi connectivity index (χ3n) is 3.94. The van der Waals surface area contributed by atoms with Crippen LogP contribution in [0.25, 0.3) is 0 Å². The highest BCUT2D eigenvalue weighted by molar-refractivity contribution is 5.85. The molecule has 0 bridgehead atoms. The van der Waals surface area contributed by atoms with Gasteiger partial charge in [0.2, 0.25) is 5.91 Å². The van der Waals surface area contributed by atoms with Gasteiger partial charge in [0.1, 0.15) is 0 Å². The fourth-order valence-electron chi connectivity index (χ4n) is 3.44. The topological polar surface area (TPSA) is 55.1 Å². The first-order chi connectivity index (χ1) is 8.13. The molecule has 0 heterocycles. The summed E-state index contributed by atoms with van der Waals surface area (Å²) in [6.45, 7) is 11.4. The van der Waals surface area contributed by atoms with Gasteiger partial charge in [-0.25, -0.2) is 0 Å². The Hall–Kier alpha value is -0.280. The third kappa shape index (κ3) is 6.62. The van der Waals surface area contributed by atoms with Gasteiger partial charge in [0.15, 0.2) is 0 Å². The Morgan fingerprint density at radius 1 is 1.37 bits per heavy atom. The monoisotopic (exact) mass is 290 g/mol. The van der Waals surface area contributed by atoms with Gasteiger partial charge >= 0.3 is 0 Å². The number of halogens is 1. The van der Waals surface area contributed by atoms with Crippen LogP contribution >= 0.6 is 12.4 Å². The Bertz CT molecular complexity index is 303. The second kappa shape index (κ2) is 6.94. The Kier molecular flexibility index (Phi) is 6.84. The van der Waals surface area contributed by atoms with Gasteiger partial charge in [-0.15, -0.1) is 12.4 Å². The van der Waals surface area contributed by atoms with E-state index in [1.54, 1.807) is 0 Å². The summed E-state index contributed by atoms with van der Waals surface area (Å²) in [5.74, 6) is 1.41. The van der Waals surface area contributed by atoms with Crippen molar-refractivity contribution in [1.29, 1.82) is 0 Å². The molecule has 0 aromatic carbocycles. The van der Waals surface area contributed by atoms with Gasteiger partial charge in [-0.05, 0) is 50.4 Å². The summed E-state index contributed by atoms with van der Waals surface area (Å²) in [6, 6.07) is 0. The summed E-state index contributed by atoms with van der Waals surface area (Å²) < 4.78 is 0. The summed E-state index contributed by atoms with van der Waals surface area (Å²) in [4.78, 5) is 12.0. The second-order valence-electron chi connectivity index (χ2n) is 7.62. The lowest BCUT2D eigenvalue weighted by Gasteiger charge is -2.39. The third-order valence-corrected chi connectivity index (χ3v) is 3.94. The predicted octanol–water partition coefficient (Wildman–Crippen LogP) is 3.11. The van der Waals surface area contributed by atoms with Crippen LogP contribution in [0.3, 0.4) is 0 Å². The standard InChI is InChI=1S/C15H30N2O.ClH/c1-11-6-12(9-14(2,3)8-11)7-13(18)17-15(4,5)10-16;/h11-12H,6-10,16H2,1-5H3,(H,17,18);1H. The van der Waals surface area contributed by atoms with E-state index >= 15 is 0 Å². The molecule has 2 atom stereocenters. The van der Waals surface area contributed by atoms with Crippen LogP contribution in [0.1, 0.15) is 60.3 Å². The van der Waals surface area contributed by atoms with E-state index in [2.05, 4.69) is 26.1 Å². The number of carbonyl (C=O) groups excluding carboxylic acids is 1. The van der Waals surface area contributed by atoms with E-state index in [-0.39, 0.29) is 23.9 Å². The van der Waals surface area contributed by atoms with Gasteiger partial charge in [0, 0.05) is 18.5 Å². The minimum absolute atomic E-state index is 0. The summed E-state index contributed by atoms with van der Waals surface area (Å²) >= 11 is 0. The zero-order valence-electron chi connectivity index (χ0n) is 13.1. The second-order valence-corrected chi connectivity index (χ2v) is 7.62. The molecular weight excluding hydrogens is 260 g/mol. The van der Waals surface area contributed by atoms with Crippen LogP contribution in [0, 0.1) is 17.3 Å². The summed E-state index contributed by atoms with van der Waals surface area (Å²) in [7, 11) is 0. The molecule has 1 amide bonds. The summed E-state index contributed by atoms with van der Waals surface area (Å²) in [5.41, 5.74) is 5.73. The number of hydrogen-bond donors (Lipinski definition) is 2.